The number of rotatable bonds is 3. The van der Waals surface area contributed by atoms with Crippen molar-refractivity contribution < 1.29 is 18.7 Å². The molecular formula is C12H13FO3. The lowest BCUT2D eigenvalue weighted by atomic mass is 9.96. The molecule has 0 N–H and O–H groups in total. The maximum Gasteiger partial charge on any atom is 0.316 e. The summed E-state index contributed by atoms with van der Waals surface area (Å²) < 4.78 is 17.3. The van der Waals surface area contributed by atoms with Crippen molar-refractivity contribution in [3.05, 3.63) is 35.1 Å². The SMILES string of the molecule is COC(=O)C(C)C(=O)c1ccc(F)cc1C. The van der Waals surface area contributed by atoms with Crippen molar-refractivity contribution in [1.29, 1.82) is 0 Å². The number of hydrogen-bond donors (Lipinski definition) is 0. The number of methoxy groups -OCH3 is 1. The predicted molar refractivity (Wildman–Crippen MR) is 56.6 cm³/mol. The number of carbonyl (C=O) groups is 2. The number of Topliss-reactive ketones (excluding diaryl/α,β-unsaturated/α-hetero) is 1. The van der Waals surface area contributed by atoms with Gasteiger partial charge in [0, 0.05) is 5.56 Å². The van der Waals surface area contributed by atoms with Crippen molar-refractivity contribution in [3.8, 4) is 0 Å². The van der Waals surface area contributed by atoms with Crippen molar-refractivity contribution in [2.24, 2.45) is 5.92 Å². The third kappa shape index (κ3) is 2.45. The highest BCUT2D eigenvalue weighted by Crippen LogP contribution is 2.15. The second kappa shape index (κ2) is 4.88. The van der Waals surface area contributed by atoms with Gasteiger partial charge in [-0.3, -0.25) is 9.59 Å². The summed E-state index contributed by atoms with van der Waals surface area (Å²) in [5.74, 6) is -2.22. The lowest BCUT2D eigenvalue weighted by Crippen LogP contribution is -2.23. The smallest absolute Gasteiger partial charge is 0.316 e. The van der Waals surface area contributed by atoms with Crippen LogP contribution >= 0.6 is 0 Å². The van der Waals surface area contributed by atoms with E-state index in [9.17, 15) is 14.0 Å². The van der Waals surface area contributed by atoms with Crippen LogP contribution in [0.15, 0.2) is 18.2 Å². The molecule has 0 heterocycles. The fourth-order valence-electron chi connectivity index (χ4n) is 1.42. The van der Waals surface area contributed by atoms with Gasteiger partial charge in [-0.25, -0.2) is 4.39 Å². The van der Waals surface area contributed by atoms with Crippen LogP contribution in [0.3, 0.4) is 0 Å². The van der Waals surface area contributed by atoms with Gasteiger partial charge in [0.05, 0.1) is 7.11 Å². The average molecular weight is 224 g/mol. The summed E-state index contributed by atoms with van der Waals surface area (Å²) in [4.78, 5) is 23.0. The predicted octanol–water partition coefficient (Wildman–Crippen LogP) is 2.13. The van der Waals surface area contributed by atoms with E-state index in [0.29, 0.717) is 11.1 Å². The molecule has 1 atom stereocenters. The molecule has 0 aliphatic carbocycles. The Morgan fingerprint density at radius 2 is 2.00 bits per heavy atom. The first-order chi connectivity index (χ1) is 7.47. The lowest BCUT2D eigenvalue weighted by molar-refractivity contribution is -0.143. The Morgan fingerprint density at radius 1 is 1.38 bits per heavy atom. The van der Waals surface area contributed by atoms with Crippen LogP contribution in [-0.2, 0) is 9.53 Å². The molecule has 0 aliphatic heterocycles. The minimum atomic E-state index is -0.867. The number of ether oxygens (including phenoxy) is 1. The van der Waals surface area contributed by atoms with Crippen LogP contribution < -0.4 is 0 Å². The first-order valence-electron chi connectivity index (χ1n) is 4.85. The molecular weight excluding hydrogens is 211 g/mol. The summed E-state index contributed by atoms with van der Waals surface area (Å²) >= 11 is 0. The van der Waals surface area contributed by atoms with Crippen molar-refractivity contribution in [3.63, 3.8) is 0 Å². The van der Waals surface area contributed by atoms with Gasteiger partial charge in [-0.2, -0.15) is 0 Å². The number of hydrogen-bond acceptors (Lipinski definition) is 3. The Morgan fingerprint density at radius 3 is 2.50 bits per heavy atom. The fraction of sp³-hybridized carbons (Fsp3) is 0.333. The van der Waals surface area contributed by atoms with Gasteiger partial charge < -0.3 is 4.74 Å². The van der Waals surface area contributed by atoms with E-state index in [1.54, 1.807) is 6.92 Å². The van der Waals surface area contributed by atoms with Crippen LogP contribution in [0.2, 0.25) is 0 Å². The van der Waals surface area contributed by atoms with Crippen LogP contribution in [0.25, 0.3) is 0 Å². The number of ketones is 1. The van der Waals surface area contributed by atoms with Gasteiger partial charge in [0.2, 0.25) is 0 Å². The Bertz CT molecular complexity index is 426. The summed E-state index contributed by atoms with van der Waals surface area (Å²) in [5, 5.41) is 0. The highest BCUT2D eigenvalue weighted by molar-refractivity contribution is 6.09. The molecule has 0 fully saturated rings. The number of aryl methyl sites for hydroxylation is 1. The zero-order chi connectivity index (χ0) is 12.3. The third-order valence-corrected chi connectivity index (χ3v) is 2.40. The minimum absolute atomic E-state index is 0.347. The van der Waals surface area contributed by atoms with Crippen molar-refractivity contribution in [2.45, 2.75) is 13.8 Å². The Labute approximate surface area is 93.2 Å². The van der Waals surface area contributed by atoms with Crippen molar-refractivity contribution in [1.82, 2.24) is 0 Å². The number of halogens is 1. The van der Waals surface area contributed by atoms with Crippen LogP contribution in [-0.4, -0.2) is 18.9 Å². The van der Waals surface area contributed by atoms with E-state index in [-0.39, 0.29) is 5.78 Å². The summed E-state index contributed by atoms with van der Waals surface area (Å²) in [5.41, 5.74) is 0.861. The van der Waals surface area contributed by atoms with E-state index < -0.39 is 17.7 Å². The maximum atomic E-state index is 12.8. The normalized spacial score (nSPS) is 12.0. The quantitative estimate of drug-likeness (QED) is 0.448. The molecule has 3 nitrogen and oxygen atoms in total. The first kappa shape index (κ1) is 12.4. The summed E-state index contributed by atoms with van der Waals surface area (Å²) in [6.07, 6.45) is 0. The second-order valence-corrected chi connectivity index (χ2v) is 3.57. The Hall–Kier alpha value is -1.71. The molecule has 0 bridgehead atoms. The molecule has 0 radical (unpaired) electrons. The van der Waals surface area contributed by atoms with Crippen LogP contribution in [0, 0.1) is 18.7 Å². The van der Waals surface area contributed by atoms with Gasteiger partial charge in [-0.1, -0.05) is 0 Å². The van der Waals surface area contributed by atoms with Crippen LogP contribution in [0.4, 0.5) is 4.39 Å². The number of esters is 1. The van der Waals surface area contributed by atoms with Gasteiger partial charge >= 0.3 is 5.97 Å². The van der Waals surface area contributed by atoms with E-state index in [0.717, 1.165) is 0 Å². The number of benzene rings is 1. The molecule has 0 amide bonds. The fourth-order valence-corrected chi connectivity index (χ4v) is 1.42. The second-order valence-electron chi connectivity index (χ2n) is 3.57. The molecule has 0 aliphatic rings. The van der Waals surface area contributed by atoms with Gasteiger partial charge in [0.15, 0.2) is 5.78 Å². The molecule has 0 aromatic heterocycles. The highest BCUT2D eigenvalue weighted by atomic mass is 19.1. The minimum Gasteiger partial charge on any atom is -0.468 e. The van der Waals surface area contributed by atoms with Crippen molar-refractivity contribution >= 4 is 11.8 Å². The molecule has 0 saturated carbocycles. The largest absolute Gasteiger partial charge is 0.468 e. The highest BCUT2D eigenvalue weighted by Gasteiger charge is 2.24. The van der Waals surface area contributed by atoms with Crippen LogP contribution in [0.1, 0.15) is 22.8 Å². The molecule has 0 spiro atoms. The van der Waals surface area contributed by atoms with E-state index in [1.165, 1.54) is 32.2 Å². The van der Waals surface area contributed by atoms with Gasteiger partial charge in [0.25, 0.3) is 0 Å². The van der Waals surface area contributed by atoms with Gasteiger partial charge in [0.1, 0.15) is 11.7 Å². The summed E-state index contributed by atoms with van der Waals surface area (Å²) in [6, 6.07) is 3.84. The number of carbonyl (C=O) groups excluding carboxylic acids is 2. The molecule has 1 aromatic carbocycles. The third-order valence-electron chi connectivity index (χ3n) is 2.40. The topological polar surface area (TPSA) is 43.4 Å². The van der Waals surface area contributed by atoms with E-state index in [1.807, 2.05) is 0 Å². The molecule has 1 rings (SSSR count). The molecule has 1 unspecified atom stereocenters. The zero-order valence-corrected chi connectivity index (χ0v) is 9.41. The average Bonchev–Trinajstić information content (AvgIpc) is 2.26. The molecule has 1 aromatic rings. The van der Waals surface area contributed by atoms with Crippen LogP contribution in [0.5, 0.6) is 0 Å². The Balaban J connectivity index is 3.01. The molecule has 86 valence electrons. The monoisotopic (exact) mass is 224 g/mol. The molecule has 4 heteroatoms. The van der Waals surface area contributed by atoms with E-state index >= 15 is 0 Å². The maximum absolute atomic E-state index is 12.8. The summed E-state index contributed by atoms with van der Waals surface area (Å²) in [7, 11) is 1.23. The van der Waals surface area contributed by atoms with E-state index in [2.05, 4.69) is 4.74 Å². The Kier molecular flexibility index (Phi) is 3.77. The summed E-state index contributed by atoms with van der Waals surface area (Å²) in [6.45, 7) is 3.09. The van der Waals surface area contributed by atoms with E-state index in [4.69, 9.17) is 0 Å². The lowest BCUT2D eigenvalue weighted by Gasteiger charge is -2.10. The standard InChI is InChI=1S/C12H13FO3/c1-7-6-9(13)4-5-10(7)11(14)8(2)12(15)16-3/h4-6,8H,1-3H3. The zero-order valence-electron chi connectivity index (χ0n) is 9.41. The van der Waals surface area contributed by atoms with Crippen molar-refractivity contribution in [2.75, 3.05) is 7.11 Å². The van der Waals surface area contributed by atoms with Gasteiger partial charge in [-0.15, -0.1) is 0 Å². The first-order valence-corrected chi connectivity index (χ1v) is 4.85. The molecule has 0 saturated heterocycles. The molecule has 16 heavy (non-hydrogen) atoms. The van der Waals surface area contributed by atoms with Gasteiger partial charge in [-0.05, 0) is 37.6 Å².